The highest BCUT2D eigenvalue weighted by molar-refractivity contribution is 5.94. The molecule has 2 aromatic rings. The van der Waals surface area contributed by atoms with Crippen molar-refractivity contribution in [3.05, 3.63) is 48.0 Å². The molecule has 0 spiro atoms. The minimum atomic E-state index is -0.509. The molecule has 27 heavy (non-hydrogen) atoms. The van der Waals surface area contributed by atoms with Crippen LogP contribution in [0.25, 0.3) is 0 Å². The van der Waals surface area contributed by atoms with Gasteiger partial charge >= 0.3 is 6.01 Å². The maximum atomic E-state index is 12.9. The predicted octanol–water partition coefficient (Wildman–Crippen LogP) is 3.48. The molecule has 1 fully saturated rings. The number of rotatable bonds is 7. The molecule has 6 nitrogen and oxygen atoms in total. The fraction of sp³-hybridized carbons (Fsp3) is 0.450. The van der Waals surface area contributed by atoms with Crippen LogP contribution in [0.2, 0.25) is 0 Å². The number of piperidine rings is 1. The van der Waals surface area contributed by atoms with E-state index in [1.54, 1.807) is 17.0 Å². The van der Waals surface area contributed by atoms with E-state index in [0.29, 0.717) is 25.3 Å². The van der Waals surface area contributed by atoms with Crippen molar-refractivity contribution in [1.82, 2.24) is 14.9 Å². The van der Waals surface area contributed by atoms with Crippen molar-refractivity contribution in [3.63, 3.8) is 0 Å². The Kier molecular flexibility index (Phi) is 6.57. The fourth-order valence-electron chi connectivity index (χ4n) is 2.94. The molecule has 1 aromatic carbocycles. The molecule has 0 saturated carbocycles. The SMILES string of the molecule is CCCCOc1ccc(C(=O)N2CCCC(Oc3ncc(F)cn3)C2)cc1. The number of likely N-dealkylation sites (tertiary alicyclic amines) is 1. The second-order valence-corrected chi connectivity index (χ2v) is 6.54. The Hall–Kier alpha value is -2.70. The molecule has 1 aliphatic rings. The van der Waals surface area contributed by atoms with Crippen LogP contribution in [0.5, 0.6) is 11.8 Å². The van der Waals surface area contributed by atoms with E-state index >= 15 is 0 Å². The molecule has 1 amide bonds. The first-order chi connectivity index (χ1) is 13.2. The minimum absolute atomic E-state index is 0.0385. The van der Waals surface area contributed by atoms with Crippen LogP contribution in [0, 0.1) is 5.82 Å². The molecule has 144 valence electrons. The monoisotopic (exact) mass is 373 g/mol. The summed E-state index contributed by atoms with van der Waals surface area (Å²) in [5, 5.41) is 0. The molecule has 0 N–H and O–H groups in total. The lowest BCUT2D eigenvalue weighted by Crippen LogP contribution is -2.44. The fourth-order valence-corrected chi connectivity index (χ4v) is 2.94. The van der Waals surface area contributed by atoms with E-state index in [1.807, 2.05) is 12.1 Å². The summed E-state index contributed by atoms with van der Waals surface area (Å²) in [7, 11) is 0. The Morgan fingerprint density at radius 3 is 2.70 bits per heavy atom. The zero-order chi connectivity index (χ0) is 19.1. The summed E-state index contributed by atoms with van der Waals surface area (Å²) in [6.07, 6.45) is 5.65. The lowest BCUT2D eigenvalue weighted by molar-refractivity contribution is 0.0515. The number of hydrogen-bond donors (Lipinski definition) is 0. The number of unbranched alkanes of at least 4 members (excludes halogenated alkanes) is 1. The molecule has 1 atom stereocenters. The van der Waals surface area contributed by atoms with E-state index in [-0.39, 0.29) is 18.0 Å². The summed E-state index contributed by atoms with van der Waals surface area (Å²) >= 11 is 0. The lowest BCUT2D eigenvalue weighted by Gasteiger charge is -2.32. The molecule has 0 aliphatic carbocycles. The first-order valence-corrected chi connectivity index (χ1v) is 9.32. The third kappa shape index (κ3) is 5.39. The zero-order valence-electron chi connectivity index (χ0n) is 15.4. The van der Waals surface area contributed by atoms with Gasteiger partial charge in [0.05, 0.1) is 25.5 Å². The molecule has 3 rings (SSSR count). The molecule has 1 aromatic heterocycles. The van der Waals surface area contributed by atoms with Crippen LogP contribution in [-0.4, -0.2) is 46.6 Å². The van der Waals surface area contributed by atoms with Gasteiger partial charge in [-0.2, -0.15) is 0 Å². The summed E-state index contributed by atoms with van der Waals surface area (Å²) in [5.41, 5.74) is 0.622. The van der Waals surface area contributed by atoms with E-state index in [4.69, 9.17) is 9.47 Å². The van der Waals surface area contributed by atoms with Crippen molar-refractivity contribution in [2.75, 3.05) is 19.7 Å². The first-order valence-electron chi connectivity index (χ1n) is 9.32. The van der Waals surface area contributed by atoms with Gasteiger partial charge in [-0.25, -0.2) is 14.4 Å². The van der Waals surface area contributed by atoms with E-state index in [0.717, 1.165) is 43.8 Å². The van der Waals surface area contributed by atoms with Crippen LogP contribution in [0.3, 0.4) is 0 Å². The van der Waals surface area contributed by atoms with Gasteiger partial charge in [-0.1, -0.05) is 13.3 Å². The van der Waals surface area contributed by atoms with Gasteiger partial charge in [0.15, 0.2) is 5.82 Å². The number of aromatic nitrogens is 2. The summed E-state index contributed by atoms with van der Waals surface area (Å²) in [6.45, 7) is 3.93. The van der Waals surface area contributed by atoms with Crippen molar-refractivity contribution >= 4 is 5.91 Å². The molecule has 2 heterocycles. The number of carbonyl (C=O) groups is 1. The van der Waals surface area contributed by atoms with E-state index in [9.17, 15) is 9.18 Å². The van der Waals surface area contributed by atoms with E-state index < -0.39 is 5.82 Å². The Morgan fingerprint density at radius 1 is 1.26 bits per heavy atom. The van der Waals surface area contributed by atoms with Crippen LogP contribution in [0.4, 0.5) is 4.39 Å². The number of benzene rings is 1. The van der Waals surface area contributed by atoms with Gasteiger partial charge in [0.2, 0.25) is 0 Å². The second-order valence-electron chi connectivity index (χ2n) is 6.54. The average molecular weight is 373 g/mol. The van der Waals surface area contributed by atoms with Crippen molar-refractivity contribution < 1.29 is 18.7 Å². The quantitative estimate of drug-likeness (QED) is 0.695. The van der Waals surface area contributed by atoms with E-state index in [1.165, 1.54) is 0 Å². The molecule has 7 heteroatoms. The highest BCUT2D eigenvalue weighted by Crippen LogP contribution is 2.19. The van der Waals surface area contributed by atoms with Gasteiger partial charge in [-0.3, -0.25) is 4.79 Å². The maximum Gasteiger partial charge on any atom is 0.316 e. The van der Waals surface area contributed by atoms with Crippen LogP contribution in [-0.2, 0) is 0 Å². The van der Waals surface area contributed by atoms with Gasteiger partial charge in [-0.05, 0) is 43.5 Å². The van der Waals surface area contributed by atoms with Gasteiger partial charge in [0.1, 0.15) is 11.9 Å². The molecule has 1 saturated heterocycles. The smallest absolute Gasteiger partial charge is 0.316 e. The summed E-state index contributed by atoms with van der Waals surface area (Å²) in [5.74, 6) is 0.224. The lowest BCUT2D eigenvalue weighted by atomic mass is 10.1. The zero-order valence-corrected chi connectivity index (χ0v) is 15.4. The molecular formula is C20H24FN3O3. The molecule has 0 radical (unpaired) electrons. The number of ether oxygens (including phenoxy) is 2. The van der Waals surface area contributed by atoms with Gasteiger partial charge in [0.25, 0.3) is 5.91 Å². The predicted molar refractivity (Wildman–Crippen MR) is 98.4 cm³/mol. The summed E-state index contributed by atoms with van der Waals surface area (Å²) in [6, 6.07) is 7.36. The maximum absolute atomic E-state index is 12.9. The number of halogens is 1. The number of nitrogens with zero attached hydrogens (tertiary/aromatic N) is 3. The number of amides is 1. The van der Waals surface area contributed by atoms with Gasteiger partial charge in [0, 0.05) is 12.1 Å². The van der Waals surface area contributed by atoms with Crippen molar-refractivity contribution in [3.8, 4) is 11.8 Å². The van der Waals surface area contributed by atoms with Crippen LogP contribution in [0.15, 0.2) is 36.7 Å². The van der Waals surface area contributed by atoms with Crippen molar-refractivity contribution in [1.29, 1.82) is 0 Å². The highest BCUT2D eigenvalue weighted by atomic mass is 19.1. The number of carbonyl (C=O) groups excluding carboxylic acids is 1. The topological polar surface area (TPSA) is 64.5 Å². The minimum Gasteiger partial charge on any atom is -0.494 e. The van der Waals surface area contributed by atoms with Crippen LogP contribution in [0.1, 0.15) is 43.0 Å². The highest BCUT2D eigenvalue weighted by Gasteiger charge is 2.26. The Morgan fingerprint density at radius 2 is 2.00 bits per heavy atom. The van der Waals surface area contributed by atoms with E-state index in [2.05, 4.69) is 16.9 Å². The number of hydrogen-bond acceptors (Lipinski definition) is 5. The van der Waals surface area contributed by atoms with Gasteiger partial charge in [-0.15, -0.1) is 0 Å². The molecule has 1 unspecified atom stereocenters. The van der Waals surface area contributed by atoms with Crippen LogP contribution >= 0.6 is 0 Å². The van der Waals surface area contributed by atoms with Crippen LogP contribution < -0.4 is 9.47 Å². The first kappa shape index (κ1) is 19.1. The van der Waals surface area contributed by atoms with Gasteiger partial charge < -0.3 is 14.4 Å². The largest absolute Gasteiger partial charge is 0.494 e. The standard InChI is InChI=1S/C20H24FN3O3/c1-2-3-11-26-17-8-6-15(7-9-17)19(25)24-10-4-5-18(14-24)27-20-22-12-16(21)13-23-20/h6-9,12-13,18H,2-5,10-11,14H2,1H3. The molecular weight excluding hydrogens is 349 g/mol. The molecule has 0 bridgehead atoms. The third-order valence-electron chi connectivity index (χ3n) is 4.40. The second kappa shape index (κ2) is 9.30. The average Bonchev–Trinajstić information content (AvgIpc) is 2.70. The molecule has 1 aliphatic heterocycles. The Balaban J connectivity index is 1.56. The third-order valence-corrected chi connectivity index (χ3v) is 4.40. The van der Waals surface area contributed by atoms with Crippen molar-refractivity contribution in [2.45, 2.75) is 38.7 Å². The van der Waals surface area contributed by atoms with Crippen molar-refractivity contribution in [2.24, 2.45) is 0 Å². The summed E-state index contributed by atoms with van der Waals surface area (Å²) < 4.78 is 24.2. The Bertz CT molecular complexity index is 737. The summed E-state index contributed by atoms with van der Waals surface area (Å²) in [4.78, 5) is 22.2. The Labute approximate surface area is 158 Å². The normalized spacial score (nSPS) is 16.8.